The summed E-state index contributed by atoms with van der Waals surface area (Å²) in [6.45, 7) is 3.75. The second-order valence-corrected chi connectivity index (χ2v) is 7.05. The van der Waals surface area contributed by atoms with Crippen molar-refractivity contribution >= 4 is 17.5 Å². The van der Waals surface area contributed by atoms with Gasteiger partial charge in [-0.25, -0.2) is 0 Å². The van der Waals surface area contributed by atoms with Gasteiger partial charge in [0.1, 0.15) is 11.5 Å². The maximum Gasteiger partial charge on any atom is 0.251 e. The normalized spacial score (nSPS) is 16.1. The first-order valence-corrected chi connectivity index (χ1v) is 9.31. The van der Waals surface area contributed by atoms with E-state index in [2.05, 4.69) is 10.6 Å². The molecule has 2 amide bonds. The monoisotopic (exact) mass is 354 g/mol. The zero-order valence-corrected chi connectivity index (χ0v) is 15.4. The van der Waals surface area contributed by atoms with Gasteiger partial charge in [0.25, 0.3) is 5.91 Å². The molecule has 0 aliphatic heterocycles. The molecular weight excluding hydrogens is 328 g/mol. The highest BCUT2D eigenvalue weighted by molar-refractivity contribution is 5.97. The van der Waals surface area contributed by atoms with Crippen LogP contribution in [0, 0.1) is 12.8 Å². The molecule has 1 unspecified atom stereocenters. The molecule has 138 valence electrons. The van der Waals surface area contributed by atoms with E-state index in [1.807, 2.05) is 32.0 Å². The maximum atomic E-state index is 12.5. The number of carbonyl (C=O) groups excluding carboxylic acids is 2. The highest BCUT2D eigenvalue weighted by Crippen LogP contribution is 2.25. The Hall–Kier alpha value is -2.56. The highest BCUT2D eigenvalue weighted by Gasteiger charge is 2.21. The summed E-state index contributed by atoms with van der Waals surface area (Å²) in [6, 6.07) is 10.6. The van der Waals surface area contributed by atoms with Gasteiger partial charge in [-0.3, -0.25) is 9.59 Å². The van der Waals surface area contributed by atoms with Gasteiger partial charge in [-0.1, -0.05) is 25.3 Å². The predicted molar refractivity (Wildman–Crippen MR) is 101 cm³/mol. The Morgan fingerprint density at radius 3 is 2.58 bits per heavy atom. The minimum Gasteiger partial charge on any atom is -0.464 e. The Kier molecular flexibility index (Phi) is 5.76. The van der Waals surface area contributed by atoms with Gasteiger partial charge in [-0.15, -0.1) is 0 Å². The largest absolute Gasteiger partial charge is 0.464 e. The molecule has 1 aromatic carbocycles. The summed E-state index contributed by atoms with van der Waals surface area (Å²) < 4.78 is 5.55. The third kappa shape index (κ3) is 4.54. The van der Waals surface area contributed by atoms with E-state index in [1.165, 1.54) is 6.42 Å². The van der Waals surface area contributed by atoms with Crippen LogP contribution >= 0.6 is 0 Å². The van der Waals surface area contributed by atoms with E-state index in [9.17, 15) is 9.59 Å². The van der Waals surface area contributed by atoms with Crippen molar-refractivity contribution in [1.82, 2.24) is 5.32 Å². The van der Waals surface area contributed by atoms with Crippen molar-refractivity contribution in [2.24, 2.45) is 5.92 Å². The van der Waals surface area contributed by atoms with Crippen LogP contribution in [0.2, 0.25) is 0 Å². The van der Waals surface area contributed by atoms with E-state index in [0.29, 0.717) is 11.3 Å². The van der Waals surface area contributed by atoms with E-state index in [1.54, 1.807) is 18.2 Å². The van der Waals surface area contributed by atoms with Crippen LogP contribution in [0.15, 0.2) is 40.8 Å². The molecule has 26 heavy (non-hydrogen) atoms. The van der Waals surface area contributed by atoms with Crippen LogP contribution in [0.5, 0.6) is 0 Å². The number of rotatable bonds is 5. The van der Waals surface area contributed by atoms with Crippen LogP contribution < -0.4 is 10.6 Å². The topological polar surface area (TPSA) is 71.3 Å². The molecule has 5 heteroatoms. The second-order valence-electron chi connectivity index (χ2n) is 7.05. The van der Waals surface area contributed by atoms with Crippen LogP contribution in [-0.4, -0.2) is 11.8 Å². The van der Waals surface area contributed by atoms with Crippen molar-refractivity contribution in [2.45, 2.75) is 52.0 Å². The van der Waals surface area contributed by atoms with Gasteiger partial charge in [0.15, 0.2) is 0 Å². The van der Waals surface area contributed by atoms with Gasteiger partial charge in [-0.05, 0) is 57.0 Å². The second kappa shape index (κ2) is 8.21. The molecule has 2 aromatic rings. The Labute approximate surface area is 154 Å². The molecule has 0 bridgehead atoms. The molecule has 1 heterocycles. The molecule has 5 nitrogen and oxygen atoms in total. The van der Waals surface area contributed by atoms with E-state index in [4.69, 9.17) is 4.42 Å². The Bertz CT molecular complexity index is 775. The van der Waals surface area contributed by atoms with Gasteiger partial charge in [-0.2, -0.15) is 0 Å². The summed E-state index contributed by atoms with van der Waals surface area (Å²) in [6.07, 6.45) is 5.35. The van der Waals surface area contributed by atoms with Gasteiger partial charge >= 0.3 is 0 Å². The minimum atomic E-state index is -0.225. The number of hydrogen-bond acceptors (Lipinski definition) is 3. The van der Waals surface area contributed by atoms with Crippen LogP contribution in [-0.2, 0) is 4.79 Å². The van der Waals surface area contributed by atoms with Crippen molar-refractivity contribution in [3.8, 4) is 0 Å². The van der Waals surface area contributed by atoms with Crippen LogP contribution in [0.25, 0.3) is 0 Å². The molecule has 1 aliphatic rings. The number of amides is 2. The molecule has 3 rings (SSSR count). The van der Waals surface area contributed by atoms with Crippen molar-refractivity contribution in [3.63, 3.8) is 0 Å². The summed E-state index contributed by atoms with van der Waals surface area (Å²) in [4.78, 5) is 24.9. The lowest BCUT2D eigenvalue weighted by atomic mass is 9.88. The number of carbonyl (C=O) groups is 2. The molecule has 1 aliphatic carbocycles. The van der Waals surface area contributed by atoms with E-state index in [-0.39, 0.29) is 23.8 Å². The quantitative estimate of drug-likeness (QED) is 0.824. The summed E-state index contributed by atoms with van der Waals surface area (Å²) in [5, 5.41) is 5.88. The first-order valence-electron chi connectivity index (χ1n) is 9.31. The Morgan fingerprint density at radius 2 is 1.88 bits per heavy atom. The molecule has 0 radical (unpaired) electrons. The number of aryl methyl sites for hydroxylation is 1. The molecular formula is C21H26N2O3. The Balaban J connectivity index is 1.62. The fraction of sp³-hybridized carbons (Fsp3) is 0.429. The molecule has 2 N–H and O–H groups in total. The zero-order chi connectivity index (χ0) is 18.5. The fourth-order valence-electron chi connectivity index (χ4n) is 3.38. The van der Waals surface area contributed by atoms with Crippen LogP contribution in [0.3, 0.4) is 0 Å². The van der Waals surface area contributed by atoms with E-state index >= 15 is 0 Å². The van der Waals surface area contributed by atoms with Gasteiger partial charge in [0.2, 0.25) is 5.91 Å². The average Bonchev–Trinajstić information content (AvgIpc) is 3.09. The summed E-state index contributed by atoms with van der Waals surface area (Å²) >= 11 is 0. The molecule has 1 aromatic heterocycles. The number of furan rings is 1. The lowest BCUT2D eigenvalue weighted by Gasteiger charge is -2.21. The first kappa shape index (κ1) is 18.2. The predicted octanol–water partition coefficient (Wildman–Crippen LogP) is 4.60. The number of anilines is 1. The molecule has 0 spiro atoms. The van der Waals surface area contributed by atoms with Crippen LogP contribution in [0.1, 0.15) is 66.9 Å². The molecule has 0 saturated heterocycles. The summed E-state index contributed by atoms with van der Waals surface area (Å²) in [5.41, 5.74) is 1.18. The van der Waals surface area contributed by atoms with E-state index in [0.717, 1.165) is 37.2 Å². The summed E-state index contributed by atoms with van der Waals surface area (Å²) in [7, 11) is 0. The first-order chi connectivity index (χ1) is 12.5. The standard InChI is InChI=1S/C21H26N2O3/c1-14-11-12-19(26-14)15(2)22-21(25)17-9-6-10-18(13-17)23-20(24)16-7-4-3-5-8-16/h6,9-13,15-16H,3-5,7-8H2,1-2H3,(H,22,25)(H,23,24). The molecule has 1 atom stereocenters. The molecule has 1 saturated carbocycles. The van der Waals surface area contributed by atoms with Gasteiger partial charge < -0.3 is 15.1 Å². The number of nitrogens with one attached hydrogen (secondary N) is 2. The van der Waals surface area contributed by atoms with Crippen LogP contribution in [0.4, 0.5) is 5.69 Å². The minimum absolute atomic E-state index is 0.0571. The Morgan fingerprint density at radius 1 is 1.12 bits per heavy atom. The third-order valence-electron chi connectivity index (χ3n) is 4.90. The zero-order valence-electron chi connectivity index (χ0n) is 15.4. The summed E-state index contributed by atoms with van der Waals surface area (Å²) in [5.74, 6) is 1.48. The van der Waals surface area contributed by atoms with E-state index < -0.39 is 0 Å². The number of hydrogen-bond donors (Lipinski definition) is 2. The van der Waals surface area contributed by atoms with Crippen molar-refractivity contribution in [2.75, 3.05) is 5.32 Å². The SMILES string of the molecule is Cc1ccc(C(C)NC(=O)c2cccc(NC(=O)C3CCCCC3)c2)o1. The third-order valence-corrected chi connectivity index (χ3v) is 4.90. The van der Waals surface area contributed by atoms with Crippen molar-refractivity contribution in [1.29, 1.82) is 0 Å². The van der Waals surface area contributed by atoms with Crippen molar-refractivity contribution < 1.29 is 14.0 Å². The smallest absolute Gasteiger partial charge is 0.251 e. The van der Waals surface area contributed by atoms with Crippen molar-refractivity contribution in [3.05, 3.63) is 53.5 Å². The number of benzene rings is 1. The fourth-order valence-corrected chi connectivity index (χ4v) is 3.38. The highest BCUT2D eigenvalue weighted by atomic mass is 16.3. The lowest BCUT2D eigenvalue weighted by molar-refractivity contribution is -0.120. The van der Waals surface area contributed by atoms with Gasteiger partial charge in [0, 0.05) is 17.2 Å². The average molecular weight is 354 g/mol. The maximum absolute atomic E-state index is 12.5. The van der Waals surface area contributed by atoms with Gasteiger partial charge in [0.05, 0.1) is 6.04 Å². The molecule has 1 fully saturated rings. The lowest BCUT2D eigenvalue weighted by Crippen LogP contribution is -2.27.